The van der Waals surface area contributed by atoms with Crippen molar-refractivity contribution in [3.63, 3.8) is 0 Å². The van der Waals surface area contributed by atoms with Crippen molar-refractivity contribution in [2.24, 2.45) is 0 Å². The molecule has 0 aromatic carbocycles. The van der Waals surface area contributed by atoms with E-state index in [-0.39, 0.29) is 12.1 Å². The molecule has 3 heterocycles. The number of hydrogen-bond acceptors (Lipinski definition) is 4. The quantitative estimate of drug-likeness (QED) is 0.912. The summed E-state index contributed by atoms with van der Waals surface area (Å²) in [4.78, 5) is 21.4. The number of pyridine rings is 1. The van der Waals surface area contributed by atoms with Crippen molar-refractivity contribution in [1.29, 1.82) is 0 Å². The Morgan fingerprint density at radius 2 is 2.12 bits per heavy atom. The van der Waals surface area contributed by atoms with Gasteiger partial charge in [0.05, 0.1) is 0 Å². The minimum atomic E-state index is 0.126. The molecule has 2 saturated heterocycles. The summed E-state index contributed by atoms with van der Waals surface area (Å²) in [5, 5.41) is 3.84. The van der Waals surface area contributed by atoms with Gasteiger partial charge in [0, 0.05) is 48.9 Å². The Bertz CT molecular complexity index is 560. The van der Waals surface area contributed by atoms with Crippen molar-refractivity contribution >= 4 is 23.6 Å². The largest absolute Gasteiger partial charge is 0.356 e. The SMILES string of the molecule is CCC1CN(C(=O)NC2CCN(c3cccc(C)n3)CC2)CCS1. The number of piperidine rings is 1. The number of rotatable bonds is 3. The van der Waals surface area contributed by atoms with Crippen molar-refractivity contribution in [2.45, 2.75) is 44.4 Å². The van der Waals surface area contributed by atoms with E-state index in [2.05, 4.69) is 34.3 Å². The highest BCUT2D eigenvalue weighted by atomic mass is 32.2. The van der Waals surface area contributed by atoms with Crippen LogP contribution in [0.4, 0.5) is 10.6 Å². The molecular formula is C18H28N4OS. The number of hydrogen-bond donors (Lipinski definition) is 1. The molecule has 24 heavy (non-hydrogen) atoms. The molecule has 0 bridgehead atoms. The summed E-state index contributed by atoms with van der Waals surface area (Å²) in [7, 11) is 0. The Morgan fingerprint density at radius 3 is 2.83 bits per heavy atom. The fourth-order valence-corrected chi connectivity index (χ4v) is 4.55. The average Bonchev–Trinajstić information content (AvgIpc) is 2.62. The molecule has 1 aromatic heterocycles. The minimum Gasteiger partial charge on any atom is -0.356 e. The van der Waals surface area contributed by atoms with Gasteiger partial charge in [-0.05, 0) is 38.3 Å². The van der Waals surface area contributed by atoms with Crippen LogP contribution < -0.4 is 10.2 Å². The summed E-state index contributed by atoms with van der Waals surface area (Å²) < 4.78 is 0. The Kier molecular flexibility index (Phi) is 5.87. The molecule has 2 aliphatic rings. The van der Waals surface area contributed by atoms with Crippen molar-refractivity contribution in [3.8, 4) is 0 Å². The average molecular weight is 349 g/mol. The summed E-state index contributed by atoms with van der Waals surface area (Å²) in [6.07, 6.45) is 3.11. The lowest BCUT2D eigenvalue weighted by Crippen LogP contribution is -2.52. The van der Waals surface area contributed by atoms with Gasteiger partial charge in [0.15, 0.2) is 0 Å². The Hall–Kier alpha value is -1.43. The summed E-state index contributed by atoms with van der Waals surface area (Å²) in [5.41, 5.74) is 1.05. The summed E-state index contributed by atoms with van der Waals surface area (Å²) in [6, 6.07) is 6.57. The van der Waals surface area contributed by atoms with Crippen molar-refractivity contribution in [1.82, 2.24) is 15.2 Å². The zero-order valence-corrected chi connectivity index (χ0v) is 15.5. The molecule has 0 aliphatic carbocycles. The fraction of sp³-hybridized carbons (Fsp3) is 0.667. The third-order valence-corrected chi connectivity index (χ3v) is 6.27. The van der Waals surface area contributed by atoms with Crippen LogP contribution in [0, 0.1) is 6.92 Å². The Labute approximate surface area is 149 Å². The highest BCUT2D eigenvalue weighted by Gasteiger charge is 2.26. The smallest absolute Gasteiger partial charge is 0.317 e. The first kappa shape index (κ1) is 17.4. The van der Waals surface area contributed by atoms with Crippen LogP contribution in [0.5, 0.6) is 0 Å². The second-order valence-electron chi connectivity index (χ2n) is 6.70. The van der Waals surface area contributed by atoms with Gasteiger partial charge in [-0.25, -0.2) is 9.78 Å². The van der Waals surface area contributed by atoms with Gasteiger partial charge < -0.3 is 15.1 Å². The van der Waals surface area contributed by atoms with Crippen LogP contribution in [0.2, 0.25) is 0 Å². The first-order valence-corrected chi connectivity index (χ1v) is 10.1. The van der Waals surface area contributed by atoms with E-state index >= 15 is 0 Å². The van der Waals surface area contributed by atoms with E-state index in [0.29, 0.717) is 5.25 Å². The first-order chi connectivity index (χ1) is 11.7. The van der Waals surface area contributed by atoms with Crippen LogP contribution in [0.3, 0.4) is 0 Å². The standard InChI is InChI=1S/C18H28N4OS/c1-3-16-13-22(11-12-24-16)18(23)20-15-7-9-21(10-8-15)17-6-4-5-14(2)19-17/h4-6,15-16H,3,7-13H2,1-2H3,(H,20,23). The molecule has 0 radical (unpaired) electrons. The molecule has 1 atom stereocenters. The number of nitrogens with one attached hydrogen (secondary N) is 1. The van der Waals surface area contributed by atoms with Crippen molar-refractivity contribution < 1.29 is 4.79 Å². The first-order valence-electron chi connectivity index (χ1n) is 9.01. The van der Waals surface area contributed by atoms with Crippen LogP contribution in [0.1, 0.15) is 31.9 Å². The molecule has 132 valence electrons. The maximum atomic E-state index is 12.5. The van der Waals surface area contributed by atoms with Crippen molar-refractivity contribution in [2.75, 3.05) is 36.8 Å². The molecule has 2 fully saturated rings. The molecule has 6 heteroatoms. The molecule has 2 amide bonds. The van der Waals surface area contributed by atoms with E-state index in [1.807, 2.05) is 29.7 Å². The van der Waals surface area contributed by atoms with Crippen LogP contribution in [0.15, 0.2) is 18.2 Å². The Balaban J connectivity index is 1.47. The number of aromatic nitrogens is 1. The van der Waals surface area contributed by atoms with Crippen LogP contribution in [0.25, 0.3) is 0 Å². The van der Waals surface area contributed by atoms with Gasteiger partial charge in [0.2, 0.25) is 0 Å². The fourth-order valence-electron chi connectivity index (χ4n) is 3.37. The van der Waals surface area contributed by atoms with Crippen molar-refractivity contribution in [3.05, 3.63) is 23.9 Å². The number of thioether (sulfide) groups is 1. The molecule has 3 rings (SSSR count). The van der Waals surface area contributed by atoms with E-state index in [1.165, 1.54) is 0 Å². The van der Waals surface area contributed by atoms with Gasteiger partial charge in [0.25, 0.3) is 0 Å². The van der Waals surface area contributed by atoms with Gasteiger partial charge >= 0.3 is 6.03 Å². The van der Waals surface area contributed by atoms with Crippen LogP contribution in [-0.2, 0) is 0 Å². The number of anilines is 1. The second-order valence-corrected chi connectivity index (χ2v) is 8.10. The highest BCUT2D eigenvalue weighted by molar-refractivity contribution is 8.00. The second kappa shape index (κ2) is 8.10. The third-order valence-electron chi connectivity index (χ3n) is 4.90. The highest BCUT2D eigenvalue weighted by Crippen LogP contribution is 2.22. The van der Waals surface area contributed by atoms with E-state index in [9.17, 15) is 4.79 Å². The number of amides is 2. The van der Waals surface area contributed by atoms with Gasteiger partial charge in [-0.15, -0.1) is 0 Å². The summed E-state index contributed by atoms with van der Waals surface area (Å²) in [5.74, 6) is 2.11. The number of carbonyl (C=O) groups excluding carboxylic acids is 1. The Morgan fingerprint density at radius 1 is 1.33 bits per heavy atom. The monoisotopic (exact) mass is 348 g/mol. The van der Waals surface area contributed by atoms with E-state index in [0.717, 1.165) is 62.7 Å². The maximum absolute atomic E-state index is 12.5. The van der Waals surface area contributed by atoms with Gasteiger partial charge in [-0.2, -0.15) is 11.8 Å². The molecule has 5 nitrogen and oxygen atoms in total. The van der Waals surface area contributed by atoms with Gasteiger partial charge in [0.1, 0.15) is 5.82 Å². The lowest BCUT2D eigenvalue weighted by molar-refractivity contribution is 0.193. The predicted octanol–water partition coefficient (Wildman–Crippen LogP) is 2.90. The molecule has 1 aromatic rings. The van der Waals surface area contributed by atoms with Crippen LogP contribution in [-0.4, -0.2) is 59.1 Å². The summed E-state index contributed by atoms with van der Waals surface area (Å²) >= 11 is 1.99. The minimum absolute atomic E-state index is 0.126. The molecule has 2 aliphatic heterocycles. The van der Waals surface area contributed by atoms with E-state index in [1.54, 1.807) is 0 Å². The lowest BCUT2D eigenvalue weighted by Gasteiger charge is -2.36. The van der Waals surface area contributed by atoms with Gasteiger partial charge in [-0.1, -0.05) is 13.0 Å². The molecule has 1 unspecified atom stereocenters. The number of urea groups is 1. The molecule has 0 spiro atoms. The maximum Gasteiger partial charge on any atom is 0.317 e. The van der Waals surface area contributed by atoms with Crippen LogP contribution >= 0.6 is 11.8 Å². The number of nitrogens with zero attached hydrogens (tertiary/aromatic N) is 3. The number of carbonyl (C=O) groups is 1. The zero-order chi connectivity index (χ0) is 16.9. The lowest BCUT2D eigenvalue weighted by atomic mass is 10.1. The van der Waals surface area contributed by atoms with Gasteiger partial charge in [-0.3, -0.25) is 0 Å². The van der Waals surface area contributed by atoms with E-state index < -0.39 is 0 Å². The normalized spacial score (nSPS) is 22.5. The summed E-state index contributed by atoms with van der Waals surface area (Å²) in [6.45, 7) is 7.90. The number of aryl methyl sites for hydroxylation is 1. The topological polar surface area (TPSA) is 48.5 Å². The molecule has 0 saturated carbocycles. The third kappa shape index (κ3) is 4.35. The molecule has 1 N–H and O–H groups in total. The predicted molar refractivity (Wildman–Crippen MR) is 101 cm³/mol. The van der Waals surface area contributed by atoms with E-state index in [4.69, 9.17) is 0 Å². The molecular weight excluding hydrogens is 320 g/mol. The zero-order valence-electron chi connectivity index (χ0n) is 14.7.